The number of hydrogen-bond donors (Lipinski definition) is 3. The van der Waals surface area contributed by atoms with Gasteiger partial charge in [0.05, 0.1) is 6.61 Å². The van der Waals surface area contributed by atoms with Crippen LogP contribution in [0, 0.1) is 0 Å². The summed E-state index contributed by atoms with van der Waals surface area (Å²) in [7, 11) is 3.32. The summed E-state index contributed by atoms with van der Waals surface area (Å²) in [6, 6.07) is 0. The van der Waals surface area contributed by atoms with Crippen LogP contribution in [0.25, 0.3) is 0 Å². The number of rotatable bonds is 11. The lowest BCUT2D eigenvalue weighted by Crippen LogP contribution is -2.24. The van der Waals surface area contributed by atoms with Gasteiger partial charge in [0.15, 0.2) is 5.13 Å². The topological polar surface area (TPSA) is 98.5 Å². The summed E-state index contributed by atoms with van der Waals surface area (Å²) in [5.74, 6) is 0.0910. The first-order chi connectivity index (χ1) is 10.2. The number of carbonyl (C=O) groups excluding carboxylic acids is 1. The summed E-state index contributed by atoms with van der Waals surface area (Å²) in [4.78, 5) is 16.6. The molecule has 7 nitrogen and oxygen atoms in total. The maximum absolute atomic E-state index is 12.0. The van der Waals surface area contributed by atoms with E-state index in [2.05, 4.69) is 15.6 Å². The van der Waals surface area contributed by atoms with Gasteiger partial charge in [-0.05, 0) is 19.3 Å². The van der Waals surface area contributed by atoms with Crippen molar-refractivity contribution >= 4 is 28.2 Å². The van der Waals surface area contributed by atoms with Gasteiger partial charge in [-0.25, -0.2) is 4.98 Å². The number of nitrogens with two attached hydrogens (primary N) is 1. The normalized spacial score (nSPS) is 10.6. The van der Waals surface area contributed by atoms with Gasteiger partial charge in [-0.3, -0.25) is 4.79 Å². The summed E-state index contributed by atoms with van der Waals surface area (Å²) >= 11 is 1.26. The molecule has 0 spiro atoms. The molecule has 0 aliphatic rings. The fourth-order valence-electron chi connectivity index (χ4n) is 1.66. The lowest BCUT2D eigenvalue weighted by atomic mass is 10.2. The molecule has 0 aliphatic carbocycles. The lowest BCUT2D eigenvalue weighted by molar-refractivity contribution is 0.0957. The summed E-state index contributed by atoms with van der Waals surface area (Å²) < 4.78 is 9.91. The summed E-state index contributed by atoms with van der Waals surface area (Å²) in [5, 5.41) is 6.55. The molecule has 1 amide bonds. The van der Waals surface area contributed by atoms with Crippen LogP contribution in [-0.2, 0) is 9.47 Å². The molecule has 1 aromatic heterocycles. The number of nitrogens with zero attached hydrogens (tertiary/aromatic N) is 1. The van der Waals surface area contributed by atoms with Gasteiger partial charge in [0.1, 0.15) is 10.7 Å². The van der Waals surface area contributed by atoms with Crippen molar-refractivity contribution in [3.8, 4) is 0 Å². The number of thiazole rings is 1. The van der Waals surface area contributed by atoms with Crippen molar-refractivity contribution in [3.05, 3.63) is 4.88 Å². The first-order valence-electron chi connectivity index (χ1n) is 6.95. The number of amides is 1. The Balaban J connectivity index is 2.32. The molecule has 0 unspecified atom stereocenters. The molecule has 0 saturated heterocycles. The highest BCUT2D eigenvalue weighted by atomic mass is 32.1. The van der Waals surface area contributed by atoms with Crippen molar-refractivity contribution in [1.82, 2.24) is 10.3 Å². The smallest absolute Gasteiger partial charge is 0.265 e. The number of methoxy groups -OCH3 is 2. The highest BCUT2D eigenvalue weighted by molar-refractivity contribution is 7.18. The van der Waals surface area contributed by atoms with Gasteiger partial charge in [0.2, 0.25) is 0 Å². The van der Waals surface area contributed by atoms with Gasteiger partial charge in [-0.2, -0.15) is 0 Å². The molecule has 0 bridgehead atoms. The van der Waals surface area contributed by atoms with Crippen LogP contribution in [0.3, 0.4) is 0 Å². The van der Waals surface area contributed by atoms with Crippen LogP contribution in [0.4, 0.5) is 10.9 Å². The number of unbranched alkanes of at least 4 members (excludes halogenated alkanes) is 2. The fraction of sp³-hybridized carbons (Fsp3) is 0.692. The highest BCUT2D eigenvalue weighted by Gasteiger charge is 2.15. The van der Waals surface area contributed by atoms with Crippen molar-refractivity contribution in [1.29, 1.82) is 0 Å². The maximum atomic E-state index is 12.0. The van der Waals surface area contributed by atoms with E-state index in [1.165, 1.54) is 11.3 Å². The zero-order valence-electron chi connectivity index (χ0n) is 12.6. The fourth-order valence-corrected chi connectivity index (χ4v) is 2.49. The molecule has 1 rings (SSSR count). The van der Waals surface area contributed by atoms with Crippen LogP contribution >= 0.6 is 11.3 Å². The van der Waals surface area contributed by atoms with E-state index in [1.54, 1.807) is 14.2 Å². The second-order valence-electron chi connectivity index (χ2n) is 4.46. The maximum Gasteiger partial charge on any atom is 0.265 e. The van der Waals surface area contributed by atoms with Crippen molar-refractivity contribution in [2.75, 3.05) is 51.6 Å². The van der Waals surface area contributed by atoms with Crippen LogP contribution in [0.1, 0.15) is 28.9 Å². The summed E-state index contributed by atoms with van der Waals surface area (Å²) in [6.45, 7) is 2.59. The predicted octanol–water partition coefficient (Wildman–Crippen LogP) is 1.33. The molecule has 120 valence electrons. The van der Waals surface area contributed by atoms with Crippen molar-refractivity contribution in [2.24, 2.45) is 0 Å². The van der Waals surface area contributed by atoms with Crippen LogP contribution < -0.4 is 16.4 Å². The van der Waals surface area contributed by atoms with Crippen LogP contribution in [0.5, 0.6) is 0 Å². The van der Waals surface area contributed by atoms with Gasteiger partial charge in [-0.1, -0.05) is 11.3 Å². The van der Waals surface area contributed by atoms with E-state index in [0.29, 0.717) is 29.7 Å². The number of hydrogen-bond acceptors (Lipinski definition) is 7. The van der Waals surface area contributed by atoms with E-state index in [4.69, 9.17) is 15.2 Å². The monoisotopic (exact) mass is 316 g/mol. The third kappa shape index (κ3) is 6.74. The largest absolute Gasteiger partial charge is 0.385 e. The number of ether oxygens (including phenoxy) is 2. The molecule has 1 aromatic rings. The summed E-state index contributed by atoms with van der Waals surface area (Å²) in [6.07, 6.45) is 2.95. The molecular weight excluding hydrogens is 292 g/mol. The van der Waals surface area contributed by atoms with Crippen LogP contribution in [0.2, 0.25) is 0 Å². The molecule has 0 fully saturated rings. The zero-order valence-corrected chi connectivity index (χ0v) is 13.4. The lowest BCUT2D eigenvalue weighted by Gasteiger charge is -2.03. The first kappa shape index (κ1) is 17.7. The van der Waals surface area contributed by atoms with Crippen molar-refractivity contribution in [3.63, 3.8) is 0 Å². The molecule has 4 N–H and O–H groups in total. The quantitative estimate of drug-likeness (QED) is 0.533. The Bertz CT molecular complexity index is 426. The molecule has 8 heteroatoms. The Morgan fingerprint density at radius 2 is 1.95 bits per heavy atom. The average Bonchev–Trinajstić information content (AvgIpc) is 2.84. The highest BCUT2D eigenvalue weighted by Crippen LogP contribution is 2.24. The molecule has 0 saturated carbocycles. The Hall–Kier alpha value is -1.38. The van der Waals surface area contributed by atoms with Gasteiger partial charge in [-0.15, -0.1) is 0 Å². The SMILES string of the molecule is COCCCCCNC(=O)c1sc(NCCOC)nc1N. The number of aromatic nitrogens is 1. The van der Waals surface area contributed by atoms with Gasteiger partial charge < -0.3 is 25.8 Å². The minimum atomic E-state index is -0.170. The van der Waals surface area contributed by atoms with E-state index in [-0.39, 0.29) is 11.7 Å². The van der Waals surface area contributed by atoms with Crippen LogP contribution in [-0.4, -0.2) is 51.4 Å². The molecule has 0 radical (unpaired) electrons. The number of carbonyl (C=O) groups is 1. The standard InChI is InChI=1S/C13H24N4O3S/c1-19-8-5-3-4-6-15-12(18)10-11(14)17-13(21-10)16-7-9-20-2/h3-9,14H2,1-2H3,(H,15,18)(H,16,17). The number of nitrogen functional groups attached to an aromatic ring is 1. The van der Waals surface area contributed by atoms with Crippen molar-refractivity contribution in [2.45, 2.75) is 19.3 Å². The average molecular weight is 316 g/mol. The van der Waals surface area contributed by atoms with Gasteiger partial charge in [0.25, 0.3) is 5.91 Å². The second-order valence-corrected chi connectivity index (χ2v) is 5.46. The predicted molar refractivity (Wildman–Crippen MR) is 85.0 cm³/mol. The van der Waals surface area contributed by atoms with E-state index in [0.717, 1.165) is 25.9 Å². The van der Waals surface area contributed by atoms with E-state index < -0.39 is 0 Å². The third-order valence-electron chi connectivity index (χ3n) is 2.75. The first-order valence-corrected chi connectivity index (χ1v) is 7.77. The Morgan fingerprint density at radius 3 is 2.67 bits per heavy atom. The minimum absolute atomic E-state index is 0.170. The van der Waals surface area contributed by atoms with E-state index in [1.807, 2.05) is 0 Å². The Kier molecular flexibility index (Phi) is 8.72. The number of nitrogens with one attached hydrogen (secondary N) is 2. The molecule has 1 heterocycles. The second kappa shape index (κ2) is 10.4. The zero-order chi connectivity index (χ0) is 15.5. The minimum Gasteiger partial charge on any atom is -0.385 e. The molecule has 0 atom stereocenters. The van der Waals surface area contributed by atoms with E-state index >= 15 is 0 Å². The van der Waals surface area contributed by atoms with Gasteiger partial charge in [0, 0.05) is 33.9 Å². The summed E-state index contributed by atoms with van der Waals surface area (Å²) in [5.41, 5.74) is 5.77. The molecule has 0 aliphatic heterocycles. The van der Waals surface area contributed by atoms with Crippen molar-refractivity contribution < 1.29 is 14.3 Å². The third-order valence-corrected chi connectivity index (χ3v) is 3.78. The molecular formula is C13H24N4O3S. The van der Waals surface area contributed by atoms with Crippen LogP contribution in [0.15, 0.2) is 0 Å². The molecule has 0 aromatic carbocycles. The Labute approximate surface area is 129 Å². The molecule has 21 heavy (non-hydrogen) atoms. The number of anilines is 2. The van der Waals surface area contributed by atoms with E-state index in [9.17, 15) is 4.79 Å². The van der Waals surface area contributed by atoms with Gasteiger partial charge >= 0.3 is 0 Å². The Morgan fingerprint density at radius 1 is 1.19 bits per heavy atom.